The first-order valence-electron chi connectivity index (χ1n) is 7.51. The molecule has 0 saturated carbocycles. The number of nitrogens with one attached hydrogen (secondary N) is 1. The molecule has 1 heterocycles. The molecular formula is C16H23NO6. The van der Waals surface area contributed by atoms with Gasteiger partial charge in [-0.2, -0.15) is 0 Å². The number of aromatic nitrogens is 1. The summed E-state index contributed by atoms with van der Waals surface area (Å²) in [6.07, 6.45) is -0.977. The van der Waals surface area contributed by atoms with Crippen LogP contribution in [0.4, 0.5) is 0 Å². The highest BCUT2D eigenvalue weighted by atomic mass is 16.6. The summed E-state index contributed by atoms with van der Waals surface area (Å²) in [6, 6.07) is 0. The van der Waals surface area contributed by atoms with Crippen LogP contribution in [-0.2, 0) is 19.0 Å². The zero-order valence-corrected chi connectivity index (χ0v) is 14.1. The molecule has 1 N–H and O–H groups in total. The SMILES string of the molecule is CCOCC(=O)O[C@H](C)C(=O)c1[nH]c(C)c(C(=O)OCC)c1C. The lowest BCUT2D eigenvalue weighted by molar-refractivity contribution is -0.151. The van der Waals surface area contributed by atoms with Crippen molar-refractivity contribution in [3.05, 3.63) is 22.5 Å². The summed E-state index contributed by atoms with van der Waals surface area (Å²) in [5, 5.41) is 0. The Hall–Kier alpha value is -2.15. The summed E-state index contributed by atoms with van der Waals surface area (Å²) >= 11 is 0. The molecular weight excluding hydrogens is 302 g/mol. The van der Waals surface area contributed by atoms with E-state index in [9.17, 15) is 14.4 Å². The van der Waals surface area contributed by atoms with Crippen molar-refractivity contribution in [1.29, 1.82) is 0 Å². The van der Waals surface area contributed by atoms with E-state index >= 15 is 0 Å². The number of rotatable bonds is 8. The van der Waals surface area contributed by atoms with Crippen molar-refractivity contribution >= 4 is 17.7 Å². The summed E-state index contributed by atoms with van der Waals surface area (Å²) < 4.78 is 14.9. The average Bonchev–Trinajstić information content (AvgIpc) is 2.79. The van der Waals surface area contributed by atoms with Gasteiger partial charge >= 0.3 is 11.9 Å². The van der Waals surface area contributed by atoms with Gasteiger partial charge in [-0.05, 0) is 40.2 Å². The monoisotopic (exact) mass is 325 g/mol. The number of H-pyrrole nitrogens is 1. The van der Waals surface area contributed by atoms with Crippen LogP contribution in [0.2, 0.25) is 0 Å². The number of hydrogen-bond acceptors (Lipinski definition) is 6. The largest absolute Gasteiger partial charge is 0.462 e. The third-order valence-electron chi connectivity index (χ3n) is 3.26. The lowest BCUT2D eigenvalue weighted by Gasteiger charge is -2.12. The lowest BCUT2D eigenvalue weighted by Crippen LogP contribution is -2.27. The number of hydrogen-bond donors (Lipinski definition) is 1. The van der Waals surface area contributed by atoms with Crippen molar-refractivity contribution in [3.8, 4) is 0 Å². The molecule has 0 aliphatic heterocycles. The Bertz CT molecular complexity index is 590. The molecule has 1 atom stereocenters. The molecule has 1 aromatic rings. The summed E-state index contributed by atoms with van der Waals surface area (Å²) in [6.45, 7) is 8.70. The van der Waals surface area contributed by atoms with E-state index in [0.717, 1.165) is 0 Å². The molecule has 0 bridgehead atoms. The molecule has 0 fully saturated rings. The summed E-state index contributed by atoms with van der Waals surface area (Å²) in [5.41, 5.74) is 1.60. The van der Waals surface area contributed by atoms with Gasteiger partial charge in [-0.15, -0.1) is 0 Å². The van der Waals surface area contributed by atoms with Crippen LogP contribution in [0.3, 0.4) is 0 Å². The van der Waals surface area contributed by atoms with Gasteiger partial charge in [-0.1, -0.05) is 0 Å². The molecule has 128 valence electrons. The molecule has 0 saturated heterocycles. The van der Waals surface area contributed by atoms with Crippen molar-refractivity contribution < 1.29 is 28.6 Å². The minimum atomic E-state index is -0.977. The van der Waals surface area contributed by atoms with E-state index in [2.05, 4.69) is 4.98 Å². The van der Waals surface area contributed by atoms with Gasteiger partial charge in [-0.3, -0.25) is 4.79 Å². The van der Waals surface area contributed by atoms with Gasteiger partial charge in [0.15, 0.2) is 6.10 Å². The topological polar surface area (TPSA) is 94.7 Å². The number of Topliss-reactive ketones (excluding diaryl/α,β-unsaturated/α-hetero) is 1. The van der Waals surface area contributed by atoms with E-state index in [4.69, 9.17) is 14.2 Å². The maximum atomic E-state index is 12.4. The van der Waals surface area contributed by atoms with Crippen molar-refractivity contribution in [3.63, 3.8) is 0 Å². The lowest BCUT2D eigenvalue weighted by atomic mass is 10.1. The number of ketones is 1. The Morgan fingerprint density at radius 1 is 1.13 bits per heavy atom. The minimum Gasteiger partial charge on any atom is -0.462 e. The predicted octanol–water partition coefficient (Wildman–Crippen LogP) is 1.96. The molecule has 0 amide bonds. The minimum absolute atomic E-state index is 0.203. The van der Waals surface area contributed by atoms with Gasteiger partial charge in [0.05, 0.1) is 17.9 Å². The third kappa shape index (κ3) is 4.66. The number of aryl methyl sites for hydroxylation is 1. The number of carbonyl (C=O) groups excluding carboxylic acids is 3. The second-order valence-corrected chi connectivity index (χ2v) is 4.98. The number of esters is 2. The van der Waals surface area contributed by atoms with E-state index in [-0.39, 0.29) is 18.9 Å². The van der Waals surface area contributed by atoms with Crippen molar-refractivity contribution in [1.82, 2.24) is 4.98 Å². The second kappa shape index (κ2) is 8.47. The van der Waals surface area contributed by atoms with Crippen LogP contribution in [0.15, 0.2) is 0 Å². The van der Waals surface area contributed by atoms with Gasteiger partial charge in [-0.25, -0.2) is 9.59 Å². The first-order chi connectivity index (χ1) is 10.8. The van der Waals surface area contributed by atoms with Crippen LogP contribution in [0.5, 0.6) is 0 Å². The van der Waals surface area contributed by atoms with E-state index < -0.39 is 23.8 Å². The highest BCUT2D eigenvalue weighted by Gasteiger charge is 2.27. The molecule has 7 nitrogen and oxygen atoms in total. The Kier molecular flexibility index (Phi) is 6.96. The van der Waals surface area contributed by atoms with Crippen molar-refractivity contribution in [2.75, 3.05) is 19.8 Å². The maximum Gasteiger partial charge on any atom is 0.340 e. The Morgan fingerprint density at radius 2 is 1.78 bits per heavy atom. The van der Waals surface area contributed by atoms with E-state index in [1.54, 1.807) is 27.7 Å². The van der Waals surface area contributed by atoms with Crippen LogP contribution in [0.1, 0.15) is 52.9 Å². The first kappa shape index (κ1) is 18.9. The fraction of sp³-hybridized carbons (Fsp3) is 0.562. The predicted molar refractivity (Wildman–Crippen MR) is 82.6 cm³/mol. The summed E-state index contributed by atoms with van der Waals surface area (Å²) in [5.74, 6) is -1.51. The van der Waals surface area contributed by atoms with Gasteiger partial charge in [0.1, 0.15) is 6.61 Å². The van der Waals surface area contributed by atoms with Crippen LogP contribution >= 0.6 is 0 Å². The molecule has 0 radical (unpaired) electrons. The van der Waals surface area contributed by atoms with Crippen molar-refractivity contribution in [2.24, 2.45) is 0 Å². The molecule has 1 aromatic heterocycles. The standard InChI is InChI=1S/C16H23NO6/c1-6-21-8-12(18)23-11(5)15(19)14-9(3)13(10(4)17-14)16(20)22-7-2/h11,17H,6-8H2,1-5H3/t11-/m1/s1. The van der Waals surface area contributed by atoms with Crippen LogP contribution in [0, 0.1) is 13.8 Å². The number of ether oxygens (including phenoxy) is 3. The van der Waals surface area contributed by atoms with E-state index in [1.165, 1.54) is 6.92 Å². The zero-order chi connectivity index (χ0) is 17.6. The fourth-order valence-electron chi connectivity index (χ4n) is 2.18. The number of aromatic amines is 1. The number of carbonyl (C=O) groups is 3. The second-order valence-electron chi connectivity index (χ2n) is 4.98. The third-order valence-corrected chi connectivity index (χ3v) is 3.26. The van der Waals surface area contributed by atoms with E-state index in [0.29, 0.717) is 23.4 Å². The van der Waals surface area contributed by atoms with Gasteiger partial charge < -0.3 is 19.2 Å². The van der Waals surface area contributed by atoms with Crippen LogP contribution in [-0.4, -0.2) is 48.6 Å². The normalized spacial score (nSPS) is 11.9. The molecule has 0 spiro atoms. The van der Waals surface area contributed by atoms with Gasteiger partial charge in [0.2, 0.25) is 5.78 Å². The average molecular weight is 325 g/mol. The summed E-state index contributed by atoms with van der Waals surface area (Å²) in [4.78, 5) is 38.7. The molecule has 7 heteroatoms. The molecule has 0 aromatic carbocycles. The molecule has 1 rings (SSSR count). The highest BCUT2D eigenvalue weighted by Crippen LogP contribution is 2.21. The first-order valence-corrected chi connectivity index (χ1v) is 7.51. The van der Waals surface area contributed by atoms with E-state index in [1.807, 2.05) is 0 Å². The van der Waals surface area contributed by atoms with Gasteiger partial charge in [0, 0.05) is 12.3 Å². The fourth-order valence-corrected chi connectivity index (χ4v) is 2.18. The van der Waals surface area contributed by atoms with Crippen LogP contribution in [0.25, 0.3) is 0 Å². The zero-order valence-electron chi connectivity index (χ0n) is 14.1. The van der Waals surface area contributed by atoms with Crippen molar-refractivity contribution in [2.45, 2.75) is 40.7 Å². The Morgan fingerprint density at radius 3 is 2.35 bits per heavy atom. The quantitative estimate of drug-likeness (QED) is 0.580. The molecule has 0 aliphatic carbocycles. The van der Waals surface area contributed by atoms with Gasteiger partial charge in [0.25, 0.3) is 0 Å². The highest BCUT2D eigenvalue weighted by molar-refractivity contribution is 6.03. The maximum absolute atomic E-state index is 12.4. The van der Waals surface area contributed by atoms with Crippen LogP contribution < -0.4 is 0 Å². The Labute approximate surface area is 135 Å². The molecule has 0 unspecified atom stereocenters. The molecule has 0 aliphatic rings. The Balaban J connectivity index is 2.90. The summed E-state index contributed by atoms with van der Waals surface area (Å²) in [7, 11) is 0. The smallest absolute Gasteiger partial charge is 0.340 e. The molecule has 23 heavy (non-hydrogen) atoms.